The molecule has 5 aromatic rings. The Labute approximate surface area is 213 Å². The van der Waals surface area contributed by atoms with Crippen molar-refractivity contribution in [2.45, 2.75) is 26.1 Å². The van der Waals surface area contributed by atoms with E-state index in [0.717, 1.165) is 16.5 Å². The van der Waals surface area contributed by atoms with Crippen molar-refractivity contribution in [3.63, 3.8) is 0 Å². The van der Waals surface area contributed by atoms with Crippen molar-refractivity contribution >= 4 is 10.9 Å². The van der Waals surface area contributed by atoms with Crippen LogP contribution in [0.1, 0.15) is 35.5 Å². The molecule has 9 heteroatoms. The van der Waals surface area contributed by atoms with Crippen LogP contribution in [0.25, 0.3) is 10.9 Å². The number of fused-ring (bicyclic) bond motifs is 1. The van der Waals surface area contributed by atoms with E-state index in [2.05, 4.69) is 37.5 Å². The summed E-state index contributed by atoms with van der Waals surface area (Å²) in [7, 11) is 1.61. The number of methoxy groups -OCH3 is 1. The number of pyridine rings is 1. The maximum absolute atomic E-state index is 13.5. The van der Waals surface area contributed by atoms with E-state index in [1.54, 1.807) is 23.9 Å². The molecular weight excluding hydrogens is 471 g/mol. The van der Waals surface area contributed by atoms with Crippen molar-refractivity contribution in [3.8, 4) is 5.75 Å². The molecule has 3 aromatic carbocycles. The number of H-pyrrole nitrogens is 1. The van der Waals surface area contributed by atoms with Gasteiger partial charge in [-0.25, -0.2) is 9.07 Å². The number of aromatic nitrogens is 5. The van der Waals surface area contributed by atoms with Gasteiger partial charge in [0.2, 0.25) is 0 Å². The zero-order valence-corrected chi connectivity index (χ0v) is 20.6. The highest BCUT2D eigenvalue weighted by Crippen LogP contribution is 2.29. The number of hydrogen-bond donors (Lipinski definition) is 1. The Balaban J connectivity index is 1.64. The molecule has 0 bridgehead atoms. The van der Waals surface area contributed by atoms with Gasteiger partial charge in [0.1, 0.15) is 17.6 Å². The van der Waals surface area contributed by atoms with Crippen LogP contribution in [0, 0.1) is 5.82 Å². The molecular formula is C28H27FN6O2. The van der Waals surface area contributed by atoms with Crippen molar-refractivity contribution in [2.75, 3.05) is 13.7 Å². The van der Waals surface area contributed by atoms with E-state index in [0.29, 0.717) is 42.3 Å². The summed E-state index contributed by atoms with van der Waals surface area (Å²) in [6.45, 7) is 3.60. The lowest BCUT2D eigenvalue weighted by atomic mass is 10.0. The van der Waals surface area contributed by atoms with Crippen LogP contribution < -0.4 is 10.3 Å². The number of tetrazole rings is 1. The zero-order chi connectivity index (χ0) is 25.8. The van der Waals surface area contributed by atoms with Crippen molar-refractivity contribution in [1.29, 1.82) is 0 Å². The fourth-order valence-corrected chi connectivity index (χ4v) is 4.52. The molecule has 0 aliphatic heterocycles. The molecule has 0 aliphatic rings. The van der Waals surface area contributed by atoms with E-state index in [4.69, 9.17) is 4.74 Å². The van der Waals surface area contributed by atoms with Gasteiger partial charge >= 0.3 is 0 Å². The van der Waals surface area contributed by atoms with Gasteiger partial charge < -0.3 is 9.72 Å². The van der Waals surface area contributed by atoms with E-state index in [1.165, 1.54) is 12.1 Å². The minimum absolute atomic E-state index is 0.217. The van der Waals surface area contributed by atoms with E-state index in [9.17, 15) is 9.18 Å². The van der Waals surface area contributed by atoms with Gasteiger partial charge in [0.15, 0.2) is 5.82 Å². The summed E-state index contributed by atoms with van der Waals surface area (Å²) < 4.78 is 20.5. The number of rotatable bonds is 9. The minimum atomic E-state index is -0.542. The highest BCUT2D eigenvalue weighted by Gasteiger charge is 2.30. The number of benzene rings is 3. The van der Waals surface area contributed by atoms with Crippen LogP contribution in [0.15, 0.2) is 83.7 Å². The predicted molar refractivity (Wildman–Crippen MR) is 139 cm³/mol. The summed E-state index contributed by atoms with van der Waals surface area (Å²) >= 11 is 0. The third kappa shape index (κ3) is 5.26. The van der Waals surface area contributed by atoms with Crippen LogP contribution >= 0.6 is 0 Å². The predicted octanol–water partition coefficient (Wildman–Crippen LogP) is 4.32. The standard InChI is InChI=1S/C28H27FN6O2/c1-3-34(17-19-7-5-4-6-8-19)26(24-16-21-15-23(37-2)13-14-25(21)30-28(24)36)27-31-32-33-35(27)18-20-9-11-22(29)12-10-20/h4-16,26H,3,17-18H2,1-2H3,(H,30,36)/t26-/m1/s1. The summed E-state index contributed by atoms with van der Waals surface area (Å²) in [5.74, 6) is 0.909. The quantitative estimate of drug-likeness (QED) is 0.326. The molecule has 8 nitrogen and oxygen atoms in total. The molecule has 0 unspecified atom stereocenters. The summed E-state index contributed by atoms with van der Waals surface area (Å²) in [6, 6.07) is 23.2. The van der Waals surface area contributed by atoms with Crippen LogP contribution in [-0.4, -0.2) is 43.7 Å². The molecule has 0 spiro atoms. The third-order valence-corrected chi connectivity index (χ3v) is 6.42. The molecule has 2 heterocycles. The van der Waals surface area contributed by atoms with Crippen molar-refractivity contribution in [2.24, 2.45) is 0 Å². The monoisotopic (exact) mass is 498 g/mol. The number of halogens is 1. The average Bonchev–Trinajstić information content (AvgIpc) is 3.37. The summed E-state index contributed by atoms with van der Waals surface area (Å²) in [5.41, 5.74) is 2.97. The number of aromatic amines is 1. The summed E-state index contributed by atoms with van der Waals surface area (Å²) in [4.78, 5) is 18.6. The molecule has 1 N–H and O–H groups in total. The number of hydrogen-bond acceptors (Lipinski definition) is 6. The smallest absolute Gasteiger partial charge is 0.253 e. The van der Waals surface area contributed by atoms with E-state index < -0.39 is 6.04 Å². The van der Waals surface area contributed by atoms with Crippen LogP contribution in [0.3, 0.4) is 0 Å². The van der Waals surface area contributed by atoms with Gasteiger partial charge in [-0.15, -0.1) is 5.10 Å². The SMILES string of the molecule is CCN(Cc1ccccc1)[C@H](c1cc2cc(OC)ccc2[nH]c1=O)c1nnnn1Cc1ccc(F)cc1. The average molecular weight is 499 g/mol. The van der Waals surface area contributed by atoms with Gasteiger partial charge in [-0.2, -0.15) is 0 Å². The first-order valence-corrected chi connectivity index (χ1v) is 12.0. The first-order chi connectivity index (χ1) is 18.1. The van der Waals surface area contributed by atoms with Gasteiger partial charge in [-0.3, -0.25) is 9.69 Å². The lowest BCUT2D eigenvalue weighted by molar-refractivity contribution is 0.214. The highest BCUT2D eigenvalue weighted by atomic mass is 19.1. The molecule has 2 aromatic heterocycles. The Morgan fingerprint density at radius 1 is 1.03 bits per heavy atom. The topological polar surface area (TPSA) is 88.9 Å². The van der Waals surface area contributed by atoms with Crippen molar-refractivity contribution in [1.82, 2.24) is 30.1 Å². The van der Waals surface area contributed by atoms with Crippen molar-refractivity contribution < 1.29 is 9.13 Å². The Bertz CT molecular complexity index is 1550. The molecule has 0 saturated carbocycles. The molecule has 0 aliphatic carbocycles. The van der Waals surface area contributed by atoms with Gasteiger partial charge in [-0.05, 0) is 64.5 Å². The molecule has 37 heavy (non-hydrogen) atoms. The highest BCUT2D eigenvalue weighted by molar-refractivity contribution is 5.80. The third-order valence-electron chi connectivity index (χ3n) is 6.42. The van der Waals surface area contributed by atoms with Crippen LogP contribution in [-0.2, 0) is 13.1 Å². The zero-order valence-electron chi connectivity index (χ0n) is 20.6. The molecule has 5 rings (SSSR count). The lowest BCUT2D eigenvalue weighted by Gasteiger charge is -2.30. The fraction of sp³-hybridized carbons (Fsp3) is 0.214. The normalized spacial score (nSPS) is 12.2. The number of nitrogens with one attached hydrogen (secondary N) is 1. The van der Waals surface area contributed by atoms with Crippen molar-refractivity contribution in [3.05, 3.63) is 118 Å². The second-order valence-corrected chi connectivity index (χ2v) is 8.78. The molecule has 188 valence electrons. The molecule has 0 amide bonds. The second-order valence-electron chi connectivity index (χ2n) is 8.78. The first kappa shape index (κ1) is 24.3. The van der Waals surface area contributed by atoms with Gasteiger partial charge in [0.05, 0.1) is 13.7 Å². The minimum Gasteiger partial charge on any atom is -0.497 e. The molecule has 0 saturated heterocycles. The molecule has 1 atom stereocenters. The maximum atomic E-state index is 13.5. The van der Waals surface area contributed by atoms with Gasteiger partial charge in [-0.1, -0.05) is 49.4 Å². The van der Waals surface area contributed by atoms with Gasteiger partial charge in [0.25, 0.3) is 5.56 Å². The van der Waals surface area contributed by atoms with Crippen LogP contribution in [0.2, 0.25) is 0 Å². The van der Waals surface area contributed by atoms with Crippen LogP contribution in [0.4, 0.5) is 4.39 Å². The van der Waals surface area contributed by atoms with E-state index in [1.807, 2.05) is 49.4 Å². The molecule has 0 radical (unpaired) electrons. The lowest BCUT2D eigenvalue weighted by Crippen LogP contribution is -2.35. The Morgan fingerprint density at radius 3 is 2.54 bits per heavy atom. The first-order valence-electron chi connectivity index (χ1n) is 12.0. The number of nitrogens with zero attached hydrogens (tertiary/aromatic N) is 5. The Hall–Kier alpha value is -4.37. The van der Waals surface area contributed by atoms with Gasteiger partial charge in [0, 0.05) is 23.0 Å². The Kier molecular flexibility index (Phi) is 7.04. The maximum Gasteiger partial charge on any atom is 0.253 e. The largest absolute Gasteiger partial charge is 0.497 e. The van der Waals surface area contributed by atoms with Crippen LogP contribution in [0.5, 0.6) is 5.75 Å². The molecule has 0 fully saturated rings. The second kappa shape index (κ2) is 10.7. The van der Waals surface area contributed by atoms with E-state index in [-0.39, 0.29) is 11.4 Å². The Morgan fingerprint density at radius 2 is 1.81 bits per heavy atom. The fourth-order valence-electron chi connectivity index (χ4n) is 4.52. The summed E-state index contributed by atoms with van der Waals surface area (Å²) in [6.07, 6.45) is 0. The number of ether oxygens (including phenoxy) is 1. The van der Waals surface area contributed by atoms with E-state index >= 15 is 0 Å². The summed E-state index contributed by atoms with van der Waals surface area (Å²) in [5, 5.41) is 13.4.